The molecule has 3 heterocycles. The molecule has 0 aliphatic carbocycles. The summed E-state index contributed by atoms with van der Waals surface area (Å²) in [6, 6.07) is 26.0. The maximum absolute atomic E-state index is 13.5. The number of nitrogens with two attached hydrogens (primary N) is 1. The van der Waals surface area contributed by atoms with E-state index < -0.39 is 54.0 Å². The standard InChI is InChI=1S/C34H28N4O8/c1-34(19-43-31(40)21-11-5-2-6-12-21)27(45-33(42)23-15-9-4-10-16-23)26(44-32(41)22-13-7-3-8-14-22)30(46-34)38-20-37-28(35)25-24(39)17-18-36-29(25)38/h2-18,20,26-27,30H,19,35H2,1H3/t26-,27+,30-,34-/m1/s1. The van der Waals surface area contributed by atoms with Gasteiger partial charge in [-0.2, -0.15) is 0 Å². The SMILES string of the molecule is C[C@]1(COC(=O)c2ccccc2)O[C@@H](n2cnc(N)c3c(=O)ccnc2-3)[C@H](OC(=O)c2ccccc2)[C@@H]1OC(=O)c1ccccc1. The number of aromatic nitrogens is 3. The van der Waals surface area contributed by atoms with Gasteiger partial charge in [0.2, 0.25) is 0 Å². The van der Waals surface area contributed by atoms with Gasteiger partial charge in [-0.1, -0.05) is 54.6 Å². The lowest BCUT2D eigenvalue weighted by atomic mass is 9.97. The van der Waals surface area contributed by atoms with Crippen molar-refractivity contribution in [2.45, 2.75) is 31.0 Å². The summed E-state index contributed by atoms with van der Waals surface area (Å²) in [5.41, 5.74) is 4.79. The van der Waals surface area contributed by atoms with Gasteiger partial charge in [0.05, 0.1) is 16.7 Å². The number of hydrogen-bond acceptors (Lipinski definition) is 11. The zero-order valence-electron chi connectivity index (χ0n) is 24.5. The highest BCUT2D eigenvalue weighted by Gasteiger charge is 2.59. The summed E-state index contributed by atoms with van der Waals surface area (Å²) in [6.45, 7) is 1.15. The average molecular weight is 621 g/mol. The van der Waals surface area contributed by atoms with Crippen molar-refractivity contribution in [1.29, 1.82) is 0 Å². The van der Waals surface area contributed by atoms with Crippen molar-refractivity contribution < 1.29 is 33.3 Å². The predicted molar refractivity (Wildman–Crippen MR) is 164 cm³/mol. The summed E-state index contributed by atoms with van der Waals surface area (Å²) in [5, 5.41) is 0. The van der Waals surface area contributed by atoms with Gasteiger partial charge in [-0.05, 0) is 43.3 Å². The lowest BCUT2D eigenvalue weighted by Crippen LogP contribution is -2.48. The molecule has 0 radical (unpaired) electrons. The van der Waals surface area contributed by atoms with E-state index in [1.807, 2.05) is 0 Å². The minimum Gasteiger partial charge on any atom is -0.459 e. The zero-order chi connectivity index (χ0) is 32.3. The summed E-state index contributed by atoms with van der Waals surface area (Å²) < 4.78 is 25.7. The smallest absolute Gasteiger partial charge is 0.338 e. The van der Waals surface area contributed by atoms with Crippen LogP contribution in [-0.2, 0) is 18.9 Å². The van der Waals surface area contributed by atoms with Crippen molar-refractivity contribution in [2.75, 3.05) is 12.3 Å². The summed E-state index contributed by atoms with van der Waals surface area (Å²) in [7, 11) is 0. The van der Waals surface area contributed by atoms with E-state index in [9.17, 15) is 19.2 Å². The number of rotatable bonds is 8. The van der Waals surface area contributed by atoms with Gasteiger partial charge in [0, 0.05) is 12.3 Å². The summed E-state index contributed by atoms with van der Waals surface area (Å²) in [5.74, 6) is -2.10. The first-order chi connectivity index (χ1) is 22.2. The Labute approximate surface area is 262 Å². The molecular weight excluding hydrogens is 592 g/mol. The van der Waals surface area contributed by atoms with Crippen LogP contribution in [0, 0.1) is 0 Å². The molecule has 3 aromatic carbocycles. The van der Waals surface area contributed by atoms with Crippen molar-refractivity contribution >= 4 is 23.7 Å². The van der Waals surface area contributed by atoms with Crippen molar-refractivity contribution in [3.63, 3.8) is 0 Å². The Morgan fingerprint density at radius 2 is 1.35 bits per heavy atom. The number of carbonyl (C=O) groups is 3. The zero-order valence-corrected chi connectivity index (χ0v) is 24.5. The molecule has 4 atom stereocenters. The highest BCUT2D eigenvalue weighted by molar-refractivity contribution is 5.91. The number of hydrogen-bond donors (Lipinski definition) is 1. The number of esters is 3. The number of nitrogen functional groups attached to an aromatic ring is 1. The highest BCUT2D eigenvalue weighted by Crippen LogP contribution is 2.43. The van der Waals surface area contributed by atoms with Crippen LogP contribution in [-0.4, -0.2) is 56.9 Å². The third kappa shape index (κ3) is 5.93. The molecule has 1 fully saturated rings. The van der Waals surface area contributed by atoms with Crippen molar-refractivity contribution in [2.24, 2.45) is 0 Å². The minimum atomic E-state index is -1.59. The Bertz CT molecular complexity index is 1900. The van der Waals surface area contributed by atoms with Crippen LogP contribution in [0.2, 0.25) is 0 Å². The van der Waals surface area contributed by atoms with Crippen LogP contribution < -0.4 is 11.2 Å². The Balaban J connectivity index is 1.44. The number of nitrogens with zero attached hydrogens (tertiary/aromatic N) is 3. The van der Waals surface area contributed by atoms with E-state index in [-0.39, 0.29) is 28.3 Å². The molecule has 3 aliphatic heterocycles. The Kier molecular flexibility index (Phi) is 8.27. The summed E-state index contributed by atoms with van der Waals surface area (Å²) in [4.78, 5) is 61.3. The molecule has 2 N–H and O–H groups in total. The highest BCUT2D eigenvalue weighted by atomic mass is 16.7. The quantitative estimate of drug-likeness (QED) is 0.198. The fourth-order valence-electron chi connectivity index (χ4n) is 5.24. The number of anilines is 1. The third-order valence-electron chi connectivity index (χ3n) is 7.56. The monoisotopic (exact) mass is 620 g/mol. The van der Waals surface area contributed by atoms with Gasteiger partial charge in [0.1, 0.15) is 29.9 Å². The van der Waals surface area contributed by atoms with Gasteiger partial charge < -0.3 is 24.7 Å². The second-order valence-electron chi connectivity index (χ2n) is 10.7. The molecule has 0 bridgehead atoms. The third-order valence-corrected chi connectivity index (χ3v) is 7.56. The van der Waals surface area contributed by atoms with Gasteiger partial charge in [-0.15, -0.1) is 0 Å². The van der Waals surface area contributed by atoms with E-state index in [2.05, 4.69) is 9.97 Å². The van der Waals surface area contributed by atoms with E-state index in [0.717, 1.165) is 0 Å². The van der Waals surface area contributed by atoms with Crippen LogP contribution in [0.1, 0.15) is 44.2 Å². The van der Waals surface area contributed by atoms with Gasteiger partial charge in [-0.25, -0.2) is 24.4 Å². The molecule has 12 nitrogen and oxygen atoms in total. The topological polar surface area (TPSA) is 162 Å². The number of fused-ring (bicyclic) bond motifs is 1. The molecule has 0 spiro atoms. The van der Waals surface area contributed by atoms with Crippen LogP contribution >= 0.6 is 0 Å². The summed E-state index contributed by atoms with van der Waals surface area (Å²) >= 11 is 0. The maximum Gasteiger partial charge on any atom is 0.338 e. The lowest BCUT2D eigenvalue weighted by molar-refractivity contribution is -0.121. The Morgan fingerprint density at radius 1 is 0.804 bits per heavy atom. The molecular formula is C34H28N4O8. The molecule has 1 saturated heterocycles. The maximum atomic E-state index is 13.5. The Morgan fingerprint density at radius 3 is 1.93 bits per heavy atom. The predicted octanol–water partition coefficient (Wildman–Crippen LogP) is 3.92. The van der Waals surface area contributed by atoms with Crippen LogP contribution in [0.3, 0.4) is 0 Å². The van der Waals surface area contributed by atoms with Crippen LogP contribution in [0.4, 0.5) is 5.82 Å². The molecule has 0 saturated carbocycles. The largest absolute Gasteiger partial charge is 0.459 e. The van der Waals surface area contributed by atoms with Gasteiger partial charge in [-0.3, -0.25) is 9.36 Å². The molecule has 12 heteroatoms. The molecule has 3 aromatic rings. The molecule has 6 rings (SSSR count). The minimum absolute atomic E-state index is 0.0173. The fourth-order valence-corrected chi connectivity index (χ4v) is 5.24. The van der Waals surface area contributed by atoms with Gasteiger partial charge in [0.15, 0.2) is 29.7 Å². The van der Waals surface area contributed by atoms with E-state index in [4.69, 9.17) is 24.7 Å². The fraction of sp³-hybridized carbons (Fsp3) is 0.176. The van der Waals surface area contributed by atoms with E-state index in [1.165, 1.54) is 23.2 Å². The second-order valence-corrected chi connectivity index (χ2v) is 10.7. The van der Waals surface area contributed by atoms with Gasteiger partial charge >= 0.3 is 17.9 Å². The van der Waals surface area contributed by atoms with Crippen molar-refractivity contribution in [1.82, 2.24) is 14.5 Å². The average Bonchev–Trinajstić information content (AvgIpc) is 3.35. The van der Waals surface area contributed by atoms with Crippen LogP contribution in [0.15, 0.2) is 114 Å². The second kappa shape index (κ2) is 12.6. The number of pyridine rings is 1. The van der Waals surface area contributed by atoms with Gasteiger partial charge in [0.25, 0.3) is 0 Å². The van der Waals surface area contributed by atoms with E-state index in [1.54, 1.807) is 97.9 Å². The van der Waals surface area contributed by atoms with E-state index in [0.29, 0.717) is 5.56 Å². The lowest BCUT2D eigenvalue weighted by Gasteiger charge is -2.30. The summed E-state index contributed by atoms with van der Waals surface area (Å²) in [6.07, 6.45) is -1.37. The molecule has 232 valence electrons. The first-order valence-electron chi connectivity index (χ1n) is 14.3. The first kappa shape index (κ1) is 30.2. The molecule has 0 unspecified atom stereocenters. The van der Waals surface area contributed by atoms with Crippen molar-refractivity contribution in [3.8, 4) is 11.4 Å². The number of benzene rings is 3. The molecule has 0 amide bonds. The first-order valence-corrected chi connectivity index (χ1v) is 14.3. The Hall–Kier alpha value is -5.88. The molecule has 3 aliphatic rings. The number of ether oxygens (including phenoxy) is 4. The van der Waals surface area contributed by atoms with Crippen LogP contribution in [0.25, 0.3) is 11.4 Å². The van der Waals surface area contributed by atoms with Crippen LogP contribution in [0.5, 0.6) is 0 Å². The van der Waals surface area contributed by atoms with E-state index >= 15 is 0 Å². The molecule has 46 heavy (non-hydrogen) atoms. The van der Waals surface area contributed by atoms with Crippen molar-refractivity contribution in [3.05, 3.63) is 136 Å². The molecule has 0 aromatic heterocycles. The normalized spacial score (nSPS) is 20.6. The number of carbonyl (C=O) groups excluding carboxylic acids is 3.